The number of carbonyl (C=O) groups excluding carboxylic acids is 2. The fourth-order valence-corrected chi connectivity index (χ4v) is 1.34. The van der Waals surface area contributed by atoms with Crippen molar-refractivity contribution in [3.63, 3.8) is 0 Å². The highest BCUT2D eigenvalue weighted by atomic mass is 16.5. The van der Waals surface area contributed by atoms with Gasteiger partial charge in [-0.05, 0) is 19.1 Å². The Kier molecular flexibility index (Phi) is 5.13. The molecule has 0 aliphatic heterocycles. The lowest BCUT2D eigenvalue weighted by molar-refractivity contribution is -0.120. The van der Waals surface area contributed by atoms with E-state index in [-0.39, 0.29) is 23.8 Å². The van der Waals surface area contributed by atoms with E-state index in [1.165, 1.54) is 13.2 Å². The molecule has 3 N–H and O–H groups in total. The van der Waals surface area contributed by atoms with Gasteiger partial charge in [-0.25, -0.2) is 4.79 Å². The third kappa shape index (κ3) is 3.46. The summed E-state index contributed by atoms with van der Waals surface area (Å²) in [5.74, 6) is -0.876. The molecule has 1 amide bonds. The maximum Gasteiger partial charge on any atom is 0.340 e. The van der Waals surface area contributed by atoms with E-state index in [9.17, 15) is 9.59 Å². The van der Waals surface area contributed by atoms with Crippen LogP contribution in [0.2, 0.25) is 0 Å². The van der Waals surface area contributed by atoms with Crippen molar-refractivity contribution in [3.8, 4) is 0 Å². The highest BCUT2D eigenvalue weighted by Gasteiger charge is 2.14. The third-order valence-corrected chi connectivity index (χ3v) is 2.22. The first-order valence-electron chi connectivity index (χ1n) is 5.44. The number of esters is 1. The zero-order valence-corrected chi connectivity index (χ0v) is 10.4. The van der Waals surface area contributed by atoms with Crippen LogP contribution in [0.3, 0.4) is 0 Å². The largest absolute Gasteiger partial charge is 0.465 e. The Bertz CT molecular complexity index is 446. The molecule has 0 radical (unpaired) electrons. The molecule has 0 saturated carbocycles. The van der Waals surface area contributed by atoms with E-state index < -0.39 is 5.97 Å². The van der Waals surface area contributed by atoms with Gasteiger partial charge in [0.15, 0.2) is 0 Å². The Morgan fingerprint density at radius 2 is 2.11 bits per heavy atom. The lowest BCUT2D eigenvalue weighted by Gasteiger charge is -2.10. The van der Waals surface area contributed by atoms with E-state index in [2.05, 4.69) is 10.1 Å². The Labute approximate surface area is 105 Å². The minimum absolute atomic E-state index is 0.0572. The number of para-hydroxylation sites is 1. The highest BCUT2D eigenvalue weighted by Crippen LogP contribution is 2.23. The molecule has 0 aromatic heterocycles. The number of nitrogen functional groups attached to an aromatic ring is 1. The van der Waals surface area contributed by atoms with Crippen molar-refractivity contribution in [1.82, 2.24) is 0 Å². The van der Waals surface area contributed by atoms with E-state index in [0.29, 0.717) is 12.3 Å². The summed E-state index contributed by atoms with van der Waals surface area (Å²) in [4.78, 5) is 22.9. The van der Waals surface area contributed by atoms with Crippen LogP contribution in [0.4, 0.5) is 11.4 Å². The molecule has 6 heteroatoms. The van der Waals surface area contributed by atoms with Crippen molar-refractivity contribution in [2.24, 2.45) is 0 Å². The molecular formula is C12H16N2O4. The van der Waals surface area contributed by atoms with Gasteiger partial charge in [-0.2, -0.15) is 0 Å². The Balaban J connectivity index is 2.84. The fourth-order valence-electron chi connectivity index (χ4n) is 1.34. The number of amides is 1. The van der Waals surface area contributed by atoms with E-state index in [4.69, 9.17) is 10.5 Å². The second-order valence-corrected chi connectivity index (χ2v) is 3.44. The quantitative estimate of drug-likeness (QED) is 0.603. The topological polar surface area (TPSA) is 90.6 Å². The molecule has 0 unspecified atom stereocenters. The number of ether oxygens (including phenoxy) is 2. The SMILES string of the molecule is CCOCC(=O)Nc1cccc(C(=O)OC)c1N. The van der Waals surface area contributed by atoms with Crippen LogP contribution >= 0.6 is 0 Å². The van der Waals surface area contributed by atoms with Gasteiger partial charge in [0.25, 0.3) is 0 Å². The van der Waals surface area contributed by atoms with Crippen LogP contribution in [0.1, 0.15) is 17.3 Å². The summed E-state index contributed by atoms with van der Waals surface area (Å²) in [5.41, 5.74) is 6.53. The van der Waals surface area contributed by atoms with Crippen LogP contribution in [0, 0.1) is 0 Å². The molecule has 1 aromatic rings. The number of methoxy groups -OCH3 is 1. The molecule has 1 aromatic carbocycles. The fraction of sp³-hybridized carbons (Fsp3) is 0.333. The predicted octanol–water partition coefficient (Wildman–Crippen LogP) is 1.03. The molecule has 98 valence electrons. The summed E-state index contributed by atoms with van der Waals surface area (Å²) in [5, 5.41) is 2.57. The lowest BCUT2D eigenvalue weighted by Crippen LogP contribution is -2.19. The molecule has 0 saturated heterocycles. The van der Waals surface area contributed by atoms with Gasteiger partial charge in [-0.3, -0.25) is 4.79 Å². The summed E-state index contributed by atoms with van der Waals surface area (Å²) in [6, 6.07) is 4.74. The van der Waals surface area contributed by atoms with Crippen molar-refractivity contribution in [2.75, 3.05) is 31.4 Å². The summed E-state index contributed by atoms with van der Waals surface area (Å²) in [7, 11) is 1.27. The molecule has 1 rings (SSSR count). The van der Waals surface area contributed by atoms with Gasteiger partial charge in [0.05, 0.1) is 24.0 Å². The van der Waals surface area contributed by atoms with Gasteiger partial charge in [0.1, 0.15) is 6.61 Å². The Morgan fingerprint density at radius 3 is 2.72 bits per heavy atom. The van der Waals surface area contributed by atoms with Crippen molar-refractivity contribution in [3.05, 3.63) is 23.8 Å². The maximum atomic E-state index is 11.5. The second kappa shape index (κ2) is 6.61. The van der Waals surface area contributed by atoms with Gasteiger partial charge in [0.2, 0.25) is 5.91 Å². The number of rotatable bonds is 5. The first kappa shape index (κ1) is 14.0. The highest BCUT2D eigenvalue weighted by molar-refractivity contribution is 6.02. The van der Waals surface area contributed by atoms with E-state index in [0.717, 1.165) is 0 Å². The molecule has 0 fully saturated rings. The van der Waals surface area contributed by atoms with Crippen LogP contribution in [0.15, 0.2) is 18.2 Å². The number of carbonyl (C=O) groups is 2. The standard InChI is InChI=1S/C12H16N2O4/c1-3-18-7-10(15)14-9-6-4-5-8(11(9)13)12(16)17-2/h4-6H,3,7,13H2,1-2H3,(H,14,15). The van der Waals surface area contributed by atoms with Crippen LogP contribution in [-0.2, 0) is 14.3 Å². The smallest absolute Gasteiger partial charge is 0.340 e. The van der Waals surface area contributed by atoms with Gasteiger partial charge in [0, 0.05) is 6.61 Å². The number of hydrogen-bond acceptors (Lipinski definition) is 5. The molecule has 0 atom stereocenters. The van der Waals surface area contributed by atoms with Gasteiger partial charge in [-0.15, -0.1) is 0 Å². The molecule has 6 nitrogen and oxygen atoms in total. The van der Waals surface area contributed by atoms with Crippen molar-refractivity contribution >= 4 is 23.3 Å². The summed E-state index contributed by atoms with van der Waals surface area (Å²) in [6.07, 6.45) is 0. The van der Waals surface area contributed by atoms with Gasteiger partial charge in [-0.1, -0.05) is 6.07 Å². The van der Waals surface area contributed by atoms with Crippen LogP contribution in [0.5, 0.6) is 0 Å². The number of nitrogens with one attached hydrogen (secondary N) is 1. The van der Waals surface area contributed by atoms with E-state index >= 15 is 0 Å². The average Bonchev–Trinajstić information content (AvgIpc) is 2.38. The molecule has 0 spiro atoms. The summed E-state index contributed by atoms with van der Waals surface area (Å²) in [6.45, 7) is 2.18. The lowest BCUT2D eigenvalue weighted by atomic mass is 10.1. The molecule has 18 heavy (non-hydrogen) atoms. The molecular weight excluding hydrogens is 236 g/mol. The van der Waals surface area contributed by atoms with E-state index in [1.54, 1.807) is 19.1 Å². The summed E-state index contributed by atoms with van der Waals surface area (Å²) >= 11 is 0. The Morgan fingerprint density at radius 1 is 1.39 bits per heavy atom. The number of hydrogen-bond donors (Lipinski definition) is 2. The zero-order chi connectivity index (χ0) is 13.5. The normalized spacial score (nSPS) is 9.89. The Hall–Kier alpha value is -2.08. The van der Waals surface area contributed by atoms with Gasteiger partial charge >= 0.3 is 5.97 Å². The van der Waals surface area contributed by atoms with Crippen LogP contribution in [0.25, 0.3) is 0 Å². The zero-order valence-electron chi connectivity index (χ0n) is 10.4. The predicted molar refractivity (Wildman–Crippen MR) is 67.3 cm³/mol. The summed E-state index contributed by atoms with van der Waals surface area (Å²) < 4.78 is 9.55. The number of nitrogens with two attached hydrogens (primary N) is 1. The van der Waals surface area contributed by atoms with E-state index in [1.807, 2.05) is 0 Å². The first-order chi connectivity index (χ1) is 8.60. The molecule has 0 aliphatic rings. The monoisotopic (exact) mass is 252 g/mol. The number of benzene rings is 1. The second-order valence-electron chi connectivity index (χ2n) is 3.44. The molecule has 0 heterocycles. The molecule has 0 aliphatic carbocycles. The maximum absolute atomic E-state index is 11.5. The van der Waals surface area contributed by atoms with Crippen molar-refractivity contribution < 1.29 is 19.1 Å². The van der Waals surface area contributed by atoms with Crippen molar-refractivity contribution in [1.29, 1.82) is 0 Å². The number of anilines is 2. The first-order valence-corrected chi connectivity index (χ1v) is 5.44. The third-order valence-electron chi connectivity index (χ3n) is 2.22. The minimum atomic E-state index is -0.548. The minimum Gasteiger partial charge on any atom is -0.465 e. The average molecular weight is 252 g/mol. The van der Waals surface area contributed by atoms with Crippen LogP contribution < -0.4 is 11.1 Å². The van der Waals surface area contributed by atoms with Gasteiger partial charge < -0.3 is 20.5 Å². The van der Waals surface area contributed by atoms with Crippen LogP contribution in [-0.4, -0.2) is 32.2 Å². The van der Waals surface area contributed by atoms with Crippen molar-refractivity contribution in [2.45, 2.75) is 6.92 Å². The molecule has 0 bridgehead atoms.